The van der Waals surface area contributed by atoms with Crippen molar-refractivity contribution in [1.82, 2.24) is 4.90 Å². The van der Waals surface area contributed by atoms with Crippen LogP contribution < -0.4 is 4.90 Å². The van der Waals surface area contributed by atoms with Gasteiger partial charge in [-0.3, -0.25) is 9.69 Å². The molecule has 3 rings (SSSR count). The Kier molecular flexibility index (Phi) is 5.54. The fraction of sp³-hybridized carbons (Fsp3) is 0.632. The van der Waals surface area contributed by atoms with E-state index in [0.29, 0.717) is 13.2 Å². The van der Waals surface area contributed by atoms with E-state index in [1.54, 1.807) is 7.11 Å². The third-order valence-corrected chi connectivity index (χ3v) is 5.46. The number of amides is 1. The van der Waals surface area contributed by atoms with Gasteiger partial charge in [0.2, 0.25) is 5.91 Å². The van der Waals surface area contributed by atoms with E-state index < -0.39 is 0 Å². The van der Waals surface area contributed by atoms with Gasteiger partial charge in [0.25, 0.3) is 0 Å². The first-order valence-corrected chi connectivity index (χ1v) is 8.88. The molecule has 1 amide bonds. The minimum atomic E-state index is -0.128. The quantitative estimate of drug-likeness (QED) is 0.861. The molecule has 0 bridgehead atoms. The third kappa shape index (κ3) is 3.63. The topological polar surface area (TPSA) is 53.0 Å². The predicted molar refractivity (Wildman–Crippen MR) is 94.2 cm³/mol. The zero-order chi connectivity index (χ0) is 17.0. The van der Waals surface area contributed by atoms with Gasteiger partial charge in [-0.2, -0.15) is 0 Å². The van der Waals surface area contributed by atoms with Gasteiger partial charge in [0, 0.05) is 37.9 Å². The number of benzene rings is 1. The summed E-state index contributed by atoms with van der Waals surface area (Å²) in [5.74, 6) is 0.167. The van der Waals surface area contributed by atoms with Crippen LogP contribution in [0.1, 0.15) is 24.8 Å². The second-order valence-electron chi connectivity index (χ2n) is 7.14. The minimum absolute atomic E-state index is 0.128. The van der Waals surface area contributed by atoms with Crippen LogP contribution >= 0.6 is 0 Å². The summed E-state index contributed by atoms with van der Waals surface area (Å²) in [5.41, 5.74) is 2.19. The molecule has 24 heavy (non-hydrogen) atoms. The van der Waals surface area contributed by atoms with Crippen LogP contribution in [0.4, 0.5) is 5.69 Å². The molecule has 1 atom stereocenters. The summed E-state index contributed by atoms with van der Waals surface area (Å²) in [6.45, 7) is 3.73. The maximum Gasteiger partial charge on any atom is 0.241 e. The standard InChI is InChI=1S/C19H28N2O3/c1-24-12-9-19(15-22)8-4-10-20(14-19)13-18(23)21-11-7-16-5-2-3-6-17(16)21/h2-3,5-6,22H,4,7-15H2,1H3. The van der Waals surface area contributed by atoms with Gasteiger partial charge in [-0.05, 0) is 43.9 Å². The number of methoxy groups -OCH3 is 1. The molecule has 1 N–H and O–H groups in total. The number of hydrogen-bond donors (Lipinski definition) is 1. The molecule has 1 saturated heterocycles. The number of anilines is 1. The molecule has 5 nitrogen and oxygen atoms in total. The molecule has 2 heterocycles. The molecule has 5 heteroatoms. The molecule has 1 aromatic rings. The van der Waals surface area contributed by atoms with E-state index in [0.717, 1.165) is 51.0 Å². The van der Waals surface area contributed by atoms with Crippen molar-refractivity contribution in [2.75, 3.05) is 51.4 Å². The van der Waals surface area contributed by atoms with E-state index in [1.165, 1.54) is 5.56 Å². The SMILES string of the molecule is COCCC1(CO)CCCN(CC(=O)N2CCc3ccccc32)C1. The Balaban J connectivity index is 1.62. The van der Waals surface area contributed by atoms with Crippen molar-refractivity contribution in [3.8, 4) is 0 Å². The van der Waals surface area contributed by atoms with Gasteiger partial charge in [0.05, 0.1) is 13.2 Å². The molecule has 1 aromatic carbocycles. The van der Waals surface area contributed by atoms with Crippen molar-refractivity contribution in [3.63, 3.8) is 0 Å². The van der Waals surface area contributed by atoms with Crippen LogP contribution in [-0.2, 0) is 16.0 Å². The van der Waals surface area contributed by atoms with Crippen LogP contribution in [0.5, 0.6) is 0 Å². The van der Waals surface area contributed by atoms with Crippen molar-refractivity contribution in [1.29, 1.82) is 0 Å². The summed E-state index contributed by atoms with van der Waals surface area (Å²) in [4.78, 5) is 16.9. The van der Waals surface area contributed by atoms with E-state index >= 15 is 0 Å². The number of fused-ring (bicyclic) bond motifs is 1. The second kappa shape index (κ2) is 7.64. The molecule has 2 aliphatic rings. The van der Waals surface area contributed by atoms with E-state index in [2.05, 4.69) is 11.0 Å². The molecule has 0 saturated carbocycles. The lowest BCUT2D eigenvalue weighted by atomic mass is 9.78. The number of ether oxygens (including phenoxy) is 1. The summed E-state index contributed by atoms with van der Waals surface area (Å²) in [6.07, 6.45) is 3.81. The van der Waals surface area contributed by atoms with E-state index in [4.69, 9.17) is 4.74 Å². The minimum Gasteiger partial charge on any atom is -0.396 e. The van der Waals surface area contributed by atoms with Crippen LogP contribution in [0.3, 0.4) is 0 Å². The molecule has 1 unspecified atom stereocenters. The Morgan fingerprint density at radius 2 is 2.17 bits per heavy atom. The molecule has 132 valence electrons. The van der Waals surface area contributed by atoms with Gasteiger partial charge >= 0.3 is 0 Å². The average Bonchev–Trinajstić information content (AvgIpc) is 3.04. The Labute approximate surface area is 144 Å². The Morgan fingerprint density at radius 3 is 2.96 bits per heavy atom. The van der Waals surface area contributed by atoms with Gasteiger partial charge in [0.1, 0.15) is 0 Å². The fourth-order valence-electron chi connectivity index (χ4n) is 4.05. The number of piperidine rings is 1. The molecule has 0 aromatic heterocycles. The summed E-state index contributed by atoms with van der Waals surface area (Å²) < 4.78 is 5.20. The first-order chi connectivity index (χ1) is 11.7. The predicted octanol–water partition coefficient (Wildman–Crippen LogP) is 1.69. The highest BCUT2D eigenvalue weighted by Crippen LogP contribution is 2.33. The van der Waals surface area contributed by atoms with Gasteiger partial charge in [-0.15, -0.1) is 0 Å². The average molecular weight is 332 g/mol. The van der Waals surface area contributed by atoms with Gasteiger partial charge in [-0.25, -0.2) is 0 Å². The van der Waals surface area contributed by atoms with Crippen molar-refractivity contribution >= 4 is 11.6 Å². The molecule has 1 fully saturated rings. The van der Waals surface area contributed by atoms with Crippen molar-refractivity contribution < 1.29 is 14.6 Å². The van der Waals surface area contributed by atoms with Gasteiger partial charge in [-0.1, -0.05) is 18.2 Å². The van der Waals surface area contributed by atoms with E-state index in [-0.39, 0.29) is 17.9 Å². The maximum absolute atomic E-state index is 12.8. The van der Waals surface area contributed by atoms with Crippen LogP contribution in [0.2, 0.25) is 0 Å². The third-order valence-electron chi connectivity index (χ3n) is 5.46. The number of likely N-dealkylation sites (tertiary alicyclic amines) is 1. The monoisotopic (exact) mass is 332 g/mol. The zero-order valence-corrected chi connectivity index (χ0v) is 14.5. The molecule has 0 radical (unpaired) electrons. The van der Waals surface area contributed by atoms with Crippen LogP contribution in [-0.4, -0.2) is 62.4 Å². The zero-order valence-electron chi connectivity index (χ0n) is 14.5. The van der Waals surface area contributed by atoms with Crippen molar-refractivity contribution in [3.05, 3.63) is 29.8 Å². The first-order valence-electron chi connectivity index (χ1n) is 8.88. The summed E-state index contributed by atoms with van der Waals surface area (Å²) >= 11 is 0. The summed E-state index contributed by atoms with van der Waals surface area (Å²) in [5, 5.41) is 9.88. The normalized spacial score (nSPS) is 24.2. The smallest absolute Gasteiger partial charge is 0.241 e. The Hall–Kier alpha value is -1.43. The molecular formula is C19H28N2O3. The number of para-hydroxylation sites is 1. The van der Waals surface area contributed by atoms with Crippen LogP contribution in [0.15, 0.2) is 24.3 Å². The molecule has 2 aliphatic heterocycles. The lowest BCUT2D eigenvalue weighted by Gasteiger charge is -2.42. The van der Waals surface area contributed by atoms with Crippen LogP contribution in [0, 0.1) is 5.41 Å². The molecule has 0 spiro atoms. The van der Waals surface area contributed by atoms with Crippen molar-refractivity contribution in [2.45, 2.75) is 25.7 Å². The number of hydrogen-bond acceptors (Lipinski definition) is 4. The summed E-state index contributed by atoms with van der Waals surface area (Å²) in [6, 6.07) is 8.16. The van der Waals surface area contributed by atoms with E-state index in [9.17, 15) is 9.90 Å². The number of nitrogens with zero attached hydrogens (tertiary/aromatic N) is 2. The maximum atomic E-state index is 12.8. The Bertz CT molecular complexity index is 577. The van der Waals surface area contributed by atoms with E-state index in [1.807, 2.05) is 23.1 Å². The molecular weight excluding hydrogens is 304 g/mol. The molecule has 0 aliphatic carbocycles. The second-order valence-corrected chi connectivity index (χ2v) is 7.14. The lowest BCUT2D eigenvalue weighted by Crippen LogP contribution is -2.49. The number of rotatable bonds is 6. The lowest BCUT2D eigenvalue weighted by molar-refractivity contribution is -0.120. The largest absolute Gasteiger partial charge is 0.396 e. The highest BCUT2D eigenvalue weighted by atomic mass is 16.5. The summed E-state index contributed by atoms with van der Waals surface area (Å²) in [7, 11) is 1.69. The van der Waals surface area contributed by atoms with Crippen LogP contribution in [0.25, 0.3) is 0 Å². The van der Waals surface area contributed by atoms with Gasteiger partial charge < -0.3 is 14.7 Å². The number of aliphatic hydroxyl groups is 1. The van der Waals surface area contributed by atoms with Gasteiger partial charge in [0.15, 0.2) is 0 Å². The highest BCUT2D eigenvalue weighted by Gasteiger charge is 2.36. The number of aliphatic hydroxyl groups excluding tert-OH is 1. The first kappa shape index (κ1) is 17.4. The highest BCUT2D eigenvalue weighted by molar-refractivity contribution is 5.96. The fourth-order valence-corrected chi connectivity index (χ4v) is 4.05. The Morgan fingerprint density at radius 1 is 1.33 bits per heavy atom. The number of carbonyl (C=O) groups excluding carboxylic acids is 1. The van der Waals surface area contributed by atoms with Crippen molar-refractivity contribution in [2.24, 2.45) is 5.41 Å². The number of carbonyl (C=O) groups is 1.